The molecule has 5 nitrogen and oxygen atoms in total. The SMILES string of the molecule is O=C1C(=O)N(c2ccccc2)C(c2c[nH]c3ccccc23)/C1=C(\O)c1ccc(Cl)c(Cl)c1. The Balaban J connectivity index is 1.79. The van der Waals surface area contributed by atoms with Gasteiger partial charge in [0.05, 0.1) is 21.7 Å². The molecule has 0 spiro atoms. The number of ketones is 1. The first kappa shape index (κ1) is 20.4. The minimum Gasteiger partial charge on any atom is -0.507 e. The maximum Gasteiger partial charge on any atom is 0.300 e. The van der Waals surface area contributed by atoms with E-state index in [1.54, 1.807) is 36.5 Å². The van der Waals surface area contributed by atoms with Gasteiger partial charge in [0.1, 0.15) is 5.76 Å². The minimum atomic E-state index is -0.831. The highest BCUT2D eigenvalue weighted by atomic mass is 35.5. The van der Waals surface area contributed by atoms with Gasteiger partial charge in [0.15, 0.2) is 0 Å². The number of nitrogens with one attached hydrogen (secondary N) is 1. The standard InChI is InChI=1S/C25H16Cl2N2O3/c26-18-11-10-14(12-19(18)27)23(30)21-22(17-13-28-20-9-5-4-8-16(17)20)29(25(32)24(21)31)15-6-2-1-3-7-15/h1-13,22,28,30H/b23-21+. The zero-order valence-electron chi connectivity index (χ0n) is 16.5. The molecule has 5 rings (SSSR count). The fourth-order valence-corrected chi connectivity index (χ4v) is 4.40. The van der Waals surface area contributed by atoms with E-state index in [2.05, 4.69) is 4.98 Å². The van der Waals surface area contributed by atoms with Crippen LogP contribution in [0.2, 0.25) is 10.0 Å². The van der Waals surface area contributed by atoms with Crippen LogP contribution >= 0.6 is 23.2 Å². The van der Waals surface area contributed by atoms with Gasteiger partial charge in [0.2, 0.25) is 0 Å². The van der Waals surface area contributed by atoms with Crippen molar-refractivity contribution in [1.29, 1.82) is 0 Å². The van der Waals surface area contributed by atoms with Crippen molar-refractivity contribution in [1.82, 2.24) is 4.98 Å². The summed E-state index contributed by atoms with van der Waals surface area (Å²) in [5, 5.41) is 12.6. The Morgan fingerprint density at radius 3 is 2.38 bits per heavy atom. The predicted molar refractivity (Wildman–Crippen MR) is 126 cm³/mol. The number of benzene rings is 3. The van der Waals surface area contributed by atoms with Crippen molar-refractivity contribution in [3.05, 3.63) is 106 Å². The number of rotatable bonds is 3. The Labute approximate surface area is 193 Å². The highest BCUT2D eigenvalue weighted by Gasteiger charge is 2.47. The third-order valence-electron chi connectivity index (χ3n) is 5.59. The van der Waals surface area contributed by atoms with Crippen LogP contribution in [0.5, 0.6) is 0 Å². The van der Waals surface area contributed by atoms with Crippen molar-refractivity contribution < 1.29 is 14.7 Å². The summed E-state index contributed by atoms with van der Waals surface area (Å²) in [6.45, 7) is 0. The lowest BCUT2D eigenvalue weighted by Gasteiger charge is -2.25. The number of aromatic nitrogens is 1. The lowest BCUT2D eigenvalue weighted by atomic mass is 9.94. The van der Waals surface area contributed by atoms with E-state index in [-0.39, 0.29) is 16.4 Å². The normalized spacial score (nSPS) is 17.9. The number of aromatic amines is 1. The van der Waals surface area contributed by atoms with Crippen molar-refractivity contribution in [2.75, 3.05) is 4.90 Å². The first-order valence-electron chi connectivity index (χ1n) is 9.85. The molecule has 1 saturated heterocycles. The summed E-state index contributed by atoms with van der Waals surface area (Å²) in [7, 11) is 0. The van der Waals surface area contributed by atoms with E-state index in [0.29, 0.717) is 21.8 Å². The Kier molecular flexibility index (Phi) is 5.00. The summed E-state index contributed by atoms with van der Waals surface area (Å²) < 4.78 is 0. The molecule has 1 fully saturated rings. The van der Waals surface area contributed by atoms with Crippen molar-refractivity contribution in [2.24, 2.45) is 0 Å². The van der Waals surface area contributed by atoms with Crippen LogP contribution in [0.25, 0.3) is 16.7 Å². The Hall–Kier alpha value is -3.54. The maximum absolute atomic E-state index is 13.2. The number of aliphatic hydroxyl groups excluding tert-OH is 1. The Morgan fingerprint density at radius 1 is 0.906 bits per heavy atom. The number of Topliss-reactive ketones (excluding diaryl/α,β-unsaturated/α-hetero) is 1. The largest absolute Gasteiger partial charge is 0.507 e. The molecule has 1 aliphatic rings. The number of nitrogens with zero attached hydrogens (tertiary/aromatic N) is 1. The quantitative estimate of drug-likeness (QED) is 0.219. The zero-order valence-corrected chi connectivity index (χ0v) is 18.1. The molecule has 2 N–H and O–H groups in total. The van der Waals surface area contributed by atoms with Crippen molar-refractivity contribution in [3.8, 4) is 0 Å². The Bertz CT molecular complexity index is 1410. The Morgan fingerprint density at radius 2 is 1.62 bits per heavy atom. The molecular formula is C25H16Cl2N2O3. The molecule has 1 amide bonds. The molecule has 3 aromatic carbocycles. The number of aliphatic hydroxyl groups is 1. The van der Waals surface area contributed by atoms with Gasteiger partial charge in [-0.1, -0.05) is 59.6 Å². The van der Waals surface area contributed by atoms with Gasteiger partial charge in [0.25, 0.3) is 11.7 Å². The molecule has 0 aliphatic carbocycles. The van der Waals surface area contributed by atoms with Gasteiger partial charge in [-0.25, -0.2) is 0 Å². The average Bonchev–Trinajstić information content (AvgIpc) is 3.34. The minimum absolute atomic E-state index is 0.0120. The van der Waals surface area contributed by atoms with Gasteiger partial charge in [-0.15, -0.1) is 0 Å². The van der Waals surface area contributed by atoms with E-state index in [1.165, 1.54) is 17.0 Å². The molecule has 32 heavy (non-hydrogen) atoms. The maximum atomic E-state index is 13.2. The smallest absolute Gasteiger partial charge is 0.300 e. The van der Waals surface area contributed by atoms with Crippen LogP contribution in [0, 0.1) is 0 Å². The topological polar surface area (TPSA) is 73.4 Å². The molecule has 1 aromatic heterocycles. The van der Waals surface area contributed by atoms with Gasteiger partial charge >= 0.3 is 0 Å². The molecule has 158 valence electrons. The second-order valence-corrected chi connectivity index (χ2v) is 8.24. The van der Waals surface area contributed by atoms with Gasteiger partial charge in [-0.05, 0) is 36.4 Å². The van der Waals surface area contributed by atoms with Gasteiger partial charge in [0, 0.05) is 33.9 Å². The van der Waals surface area contributed by atoms with Crippen LogP contribution in [0.1, 0.15) is 17.2 Å². The molecule has 1 unspecified atom stereocenters. The lowest BCUT2D eigenvalue weighted by molar-refractivity contribution is -0.132. The number of para-hydroxylation sites is 2. The summed E-state index contributed by atoms with van der Waals surface area (Å²) in [6.07, 6.45) is 1.76. The second-order valence-electron chi connectivity index (χ2n) is 7.42. The number of fused-ring (bicyclic) bond motifs is 1. The number of H-pyrrole nitrogens is 1. The third kappa shape index (κ3) is 3.18. The third-order valence-corrected chi connectivity index (χ3v) is 6.33. The average molecular weight is 463 g/mol. The summed E-state index contributed by atoms with van der Waals surface area (Å²) in [6, 6.07) is 20.3. The first-order valence-corrected chi connectivity index (χ1v) is 10.6. The molecule has 1 atom stereocenters. The number of halogens is 2. The second kappa shape index (κ2) is 7.86. The molecule has 0 saturated carbocycles. The van der Waals surface area contributed by atoms with Gasteiger partial charge in [-0.2, -0.15) is 0 Å². The van der Waals surface area contributed by atoms with E-state index in [9.17, 15) is 14.7 Å². The zero-order chi connectivity index (χ0) is 22.4. The van der Waals surface area contributed by atoms with Crippen LogP contribution in [-0.2, 0) is 9.59 Å². The molecule has 7 heteroatoms. The van der Waals surface area contributed by atoms with Crippen LogP contribution in [0.3, 0.4) is 0 Å². The van der Waals surface area contributed by atoms with E-state index in [1.807, 2.05) is 30.3 Å². The molecule has 2 heterocycles. The van der Waals surface area contributed by atoms with Crippen molar-refractivity contribution in [2.45, 2.75) is 6.04 Å². The number of amides is 1. The highest BCUT2D eigenvalue weighted by molar-refractivity contribution is 6.52. The molecule has 0 radical (unpaired) electrons. The van der Waals surface area contributed by atoms with Crippen LogP contribution in [0.4, 0.5) is 5.69 Å². The van der Waals surface area contributed by atoms with E-state index >= 15 is 0 Å². The molecule has 4 aromatic rings. The van der Waals surface area contributed by atoms with E-state index in [4.69, 9.17) is 23.2 Å². The first-order chi connectivity index (χ1) is 15.5. The summed E-state index contributed by atoms with van der Waals surface area (Å²) >= 11 is 12.1. The monoisotopic (exact) mass is 462 g/mol. The van der Waals surface area contributed by atoms with Crippen LogP contribution in [-0.4, -0.2) is 21.8 Å². The summed E-state index contributed by atoms with van der Waals surface area (Å²) in [5.41, 5.74) is 2.40. The number of hydrogen-bond donors (Lipinski definition) is 2. The van der Waals surface area contributed by atoms with Crippen molar-refractivity contribution in [3.63, 3.8) is 0 Å². The van der Waals surface area contributed by atoms with Gasteiger partial charge in [-0.3, -0.25) is 14.5 Å². The van der Waals surface area contributed by atoms with Crippen LogP contribution < -0.4 is 4.90 Å². The summed E-state index contributed by atoms with van der Waals surface area (Å²) in [5.74, 6) is -1.79. The predicted octanol–water partition coefficient (Wildman–Crippen LogP) is 6.10. The number of carbonyl (C=O) groups is 2. The van der Waals surface area contributed by atoms with Crippen molar-refractivity contribution >= 4 is 57.2 Å². The number of anilines is 1. The fourth-order valence-electron chi connectivity index (χ4n) is 4.10. The molecular weight excluding hydrogens is 447 g/mol. The van der Waals surface area contributed by atoms with E-state index in [0.717, 1.165) is 10.9 Å². The van der Waals surface area contributed by atoms with E-state index < -0.39 is 17.7 Å². The summed E-state index contributed by atoms with van der Waals surface area (Å²) in [4.78, 5) is 31.0. The van der Waals surface area contributed by atoms with Crippen LogP contribution in [0.15, 0.2) is 84.6 Å². The van der Waals surface area contributed by atoms with Gasteiger partial charge < -0.3 is 10.1 Å². The lowest BCUT2D eigenvalue weighted by Crippen LogP contribution is -2.29. The molecule has 1 aliphatic heterocycles. The fraction of sp³-hybridized carbons (Fsp3) is 0.0400. The molecule has 0 bridgehead atoms. The number of hydrogen-bond acceptors (Lipinski definition) is 3. The number of carbonyl (C=O) groups excluding carboxylic acids is 2. The highest BCUT2D eigenvalue weighted by Crippen LogP contribution is 2.44.